The molecule has 12 heteroatoms. The first-order valence-electron chi connectivity index (χ1n) is 10.2. The molecule has 1 fully saturated rings. The highest BCUT2D eigenvalue weighted by atomic mass is 32.2. The topological polar surface area (TPSA) is 132 Å². The van der Waals surface area contributed by atoms with Crippen LogP contribution in [0.25, 0.3) is 10.4 Å². The Bertz CT molecular complexity index is 1350. The van der Waals surface area contributed by atoms with Crippen molar-refractivity contribution in [2.75, 3.05) is 24.3 Å². The van der Waals surface area contributed by atoms with Gasteiger partial charge in [-0.1, -0.05) is 13.0 Å². The van der Waals surface area contributed by atoms with Crippen molar-refractivity contribution in [2.45, 2.75) is 18.3 Å². The molecule has 4 N–H and O–H groups in total. The van der Waals surface area contributed by atoms with Crippen molar-refractivity contribution in [2.24, 2.45) is 5.73 Å². The molecule has 0 spiro atoms. The summed E-state index contributed by atoms with van der Waals surface area (Å²) in [5.74, 6) is -2.70. The first-order chi connectivity index (χ1) is 16.0. The van der Waals surface area contributed by atoms with Gasteiger partial charge in [0, 0.05) is 10.6 Å². The van der Waals surface area contributed by atoms with Crippen LogP contribution in [-0.2, 0) is 25.9 Å². The third-order valence-electron chi connectivity index (χ3n) is 5.36. The lowest BCUT2D eigenvalue weighted by molar-refractivity contribution is -0.184. The summed E-state index contributed by atoms with van der Waals surface area (Å²) in [6, 6.07) is 8.06. The van der Waals surface area contributed by atoms with Crippen LogP contribution in [0.4, 0.5) is 19.6 Å². The number of carbonyl (C=O) groups excluding carboxylic acids is 1. The van der Waals surface area contributed by atoms with Gasteiger partial charge in [0.15, 0.2) is 9.84 Å². The minimum atomic E-state index is -3.31. The summed E-state index contributed by atoms with van der Waals surface area (Å²) in [4.78, 5) is 16.4. The van der Waals surface area contributed by atoms with Crippen molar-refractivity contribution < 1.29 is 31.8 Å². The molecule has 8 nitrogen and oxygen atoms in total. The highest BCUT2D eigenvalue weighted by Gasteiger charge is 2.39. The van der Waals surface area contributed by atoms with Crippen molar-refractivity contribution in [3.63, 3.8) is 0 Å². The summed E-state index contributed by atoms with van der Waals surface area (Å²) in [6.45, 7) is 1.42. The molecule has 0 radical (unpaired) electrons. The quantitative estimate of drug-likeness (QED) is 0.425. The first kappa shape index (κ1) is 24.2. The average Bonchev–Trinajstić information content (AvgIpc) is 3.15. The maximum absolute atomic E-state index is 14.9. The molecule has 3 aromatic rings. The Hall–Kier alpha value is -2.93. The second kappa shape index (κ2) is 9.02. The Labute approximate surface area is 198 Å². The standard InChI is InChI=1S/C22H21F2N3O5S2/c1-2-34(30,31)9-13-4-3-5-18(26-13)27-21-14(20(25)28)8-17(33-21)19-15(23)6-12(7-16(19)24)22(29)10-32-11-22/h3-8,29H,2,9-11H2,1H3,(H2,25,28)(H,26,27). The molecule has 0 aliphatic carbocycles. The highest BCUT2D eigenvalue weighted by Crippen LogP contribution is 2.41. The van der Waals surface area contributed by atoms with Crippen molar-refractivity contribution >= 4 is 37.9 Å². The second-order valence-corrected chi connectivity index (χ2v) is 11.3. The lowest BCUT2D eigenvalue weighted by atomic mass is 9.91. The molecule has 180 valence electrons. The van der Waals surface area contributed by atoms with Gasteiger partial charge in [-0.25, -0.2) is 22.2 Å². The van der Waals surface area contributed by atoms with Gasteiger partial charge in [0.05, 0.1) is 35.8 Å². The van der Waals surface area contributed by atoms with Crippen molar-refractivity contribution in [3.8, 4) is 10.4 Å². The third kappa shape index (κ3) is 4.80. The summed E-state index contributed by atoms with van der Waals surface area (Å²) in [6.07, 6.45) is 0. The number of halogens is 2. The largest absolute Gasteiger partial charge is 0.380 e. The molecule has 4 rings (SSSR count). The number of hydrogen-bond acceptors (Lipinski definition) is 8. The average molecular weight is 510 g/mol. The molecular weight excluding hydrogens is 488 g/mol. The molecule has 1 amide bonds. The molecule has 0 atom stereocenters. The summed E-state index contributed by atoms with van der Waals surface area (Å²) < 4.78 is 58.6. The number of aliphatic hydroxyl groups is 1. The van der Waals surface area contributed by atoms with Crippen LogP contribution < -0.4 is 11.1 Å². The van der Waals surface area contributed by atoms with E-state index in [1.807, 2.05) is 0 Å². The normalized spacial score (nSPS) is 15.1. The number of thiophene rings is 1. The highest BCUT2D eigenvalue weighted by molar-refractivity contribution is 7.90. The molecule has 1 aliphatic rings. The van der Waals surface area contributed by atoms with Gasteiger partial charge < -0.3 is 20.9 Å². The van der Waals surface area contributed by atoms with E-state index in [9.17, 15) is 27.1 Å². The van der Waals surface area contributed by atoms with Gasteiger partial charge in [0.25, 0.3) is 5.91 Å². The van der Waals surface area contributed by atoms with Crippen molar-refractivity contribution in [1.29, 1.82) is 0 Å². The molecule has 2 aromatic heterocycles. The van der Waals surface area contributed by atoms with Gasteiger partial charge in [-0.15, -0.1) is 11.3 Å². The number of anilines is 2. The van der Waals surface area contributed by atoms with E-state index in [1.165, 1.54) is 13.0 Å². The van der Waals surface area contributed by atoms with Crippen LogP contribution in [0.2, 0.25) is 0 Å². The Morgan fingerprint density at radius 1 is 1.26 bits per heavy atom. The Morgan fingerprint density at radius 2 is 1.94 bits per heavy atom. The summed E-state index contributed by atoms with van der Waals surface area (Å²) in [5.41, 5.74) is 4.00. The Balaban J connectivity index is 1.68. The van der Waals surface area contributed by atoms with E-state index >= 15 is 0 Å². The maximum Gasteiger partial charge on any atom is 0.251 e. The van der Waals surface area contributed by atoms with Crippen LogP contribution in [-0.4, -0.2) is 43.4 Å². The number of primary amides is 1. The second-order valence-electron chi connectivity index (χ2n) is 7.87. The SMILES string of the molecule is CCS(=O)(=O)Cc1cccc(Nc2sc(-c3c(F)cc(C4(O)COC4)cc3F)cc2C(N)=O)n1. The zero-order valence-electron chi connectivity index (χ0n) is 18.0. The molecule has 3 heterocycles. The van der Waals surface area contributed by atoms with Crippen LogP contribution >= 0.6 is 11.3 Å². The van der Waals surface area contributed by atoms with Crippen LogP contribution in [0, 0.1) is 11.6 Å². The number of hydrogen-bond donors (Lipinski definition) is 3. The third-order valence-corrected chi connectivity index (χ3v) is 8.04. The number of amides is 1. The van der Waals surface area contributed by atoms with Gasteiger partial charge in [0.2, 0.25) is 0 Å². The summed E-state index contributed by atoms with van der Waals surface area (Å²) >= 11 is 0.883. The summed E-state index contributed by atoms with van der Waals surface area (Å²) in [5, 5.41) is 13.4. The van der Waals surface area contributed by atoms with Gasteiger partial charge >= 0.3 is 0 Å². The monoisotopic (exact) mass is 509 g/mol. The molecule has 34 heavy (non-hydrogen) atoms. The number of carbonyl (C=O) groups is 1. The Morgan fingerprint density at radius 3 is 2.50 bits per heavy atom. The summed E-state index contributed by atoms with van der Waals surface area (Å²) in [7, 11) is -3.31. The number of rotatable bonds is 8. The van der Waals surface area contributed by atoms with E-state index in [4.69, 9.17) is 10.5 Å². The number of ether oxygens (including phenoxy) is 1. The Kier molecular flexibility index (Phi) is 6.42. The minimum Gasteiger partial charge on any atom is -0.380 e. The number of pyridine rings is 1. The molecule has 1 saturated heterocycles. The van der Waals surface area contributed by atoms with Crippen LogP contribution in [0.3, 0.4) is 0 Å². The maximum atomic E-state index is 14.9. The van der Waals surface area contributed by atoms with E-state index in [0.717, 1.165) is 23.5 Å². The van der Waals surface area contributed by atoms with E-state index in [2.05, 4.69) is 10.3 Å². The van der Waals surface area contributed by atoms with E-state index in [0.29, 0.717) is 5.69 Å². The van der Waals surface area contributed by atoms with Crippen LogP contribution in [0.15, 0.2) is 36.4 Å². The smallest absolute Gasteiger partial charge is 0.251 e. The van der Waals surface area contributed by atoms with Crippen LogP contribution in [0.5, 0.6) is 0 Å². The zero-order chi connectivity index (χ0) is 24.7. The number of benzene rings is 1. The van der Waals surface area contributed by atoms with Crippen molar-refractivity contribution in [1.82, 2.24) is 4.98 Å². The lowest BCUT2D eigenvalue weighted by Crippen LogP contribution is -2.46. The number of sulfone groups is 1. The molecular formula is C22H21F2N3O5S2. The van der Waals surface area contributed by atoms with Gasteiger partial charge in [-0.05, 0) is 35.9 Å². The molecule has 0 saturated carbocycles. The molecule has 1 aliphatic heterocycles. The van der Waals surface area contributed by atoms with E-state index in [-0.39, 0.29) is 57.1 Å². The molecule has 0 bridgehead atoms. The number of aromatic nitrogens is 1. The number of nitrogens with two attached hydrogens (primary N) is 1. The fraction of sp³-hybridized carbons (Fsp3) is 0.273. The minimum absolute atomic E-state index is 0.0118. The zero-order valence-corrected chi connectivity index (χ0v) is 19.6. The van der Waals surface area contributed by atoms with Crippen LogP contribution in [0.1, 0.15) is 28.5 Å². The first-order valence-corrected chi connectivity index (χ1v) is 12.8. The van der Waals surface area contributed by atoms with E-state index in [1.54, 1.807) is 18.2 Å². The van der Waals surface area contributed by atoms with Gasteiger partial charge in [0.1, 0.15) is 28.1 Å². The number of nitrogens with zero attached hydrogens (tertiary/aromatic N) is 1. The number of nitrogens with one attached hydrogen (secondary N) is 1. The van der Waals surface area contributed by atoms with E-state index < -0.39 is 33.0 Å². The predicted molar refractivity (Wildman–Crippen MR) is 124 cm³/mol. The fourth-order valence-electron chi connectivity index (χ4n) is 3.40. The van der Waals surface area contributed by atoms with Gasteiger partial charge in [-0.2, -0.15) is 0 Å². The van der Waals surface area contributed by atoms with Crippen molar-refractivity contribution in [3.05, 3.63) is 64.9 Å². The molecule has 0 unspecified atom stereocenters. The van der Waals surface area contributed by atoms with Gasteiger partial charge in [-0.3, -0.25) is 4.79 Å². The lowest BCUT2D eigenvalue weighted by Gasteiger charge is -2.36. The predicted octanol–water partition coefficient (Wildman–Crippen LogP) is 3.08. The fourth-order valence-corrected chi connectivity index (χ4v) is 5.34. The molecule has 1 aromatic carbocycles.